The number of allylic oxidation sites excluding steroid dienone is 1. The minimum atomic E-state index is -4.46. The lowest BCUT2D eigenvalue weighted by Crippen LogP contribution is -2.06. The third kappa shape index (κ3) is 3.18. The maximum absolute atomic E-state index is 12.7. The van der Waals surface area contributed by atoms with Gasteiger partial charge in [-0.2, -0.15) is 13.2 Å². The molecular weight excluding hydrogens is 303 g/mol. The summed E-state index contributed by atoms with van der Waals surface area (Å²) in [6.07, 6.45) is 0.171. The molecule has 23 heavy (non-hydrogen) atoms. The highest BCUT2D eigenvalue weighted by Crippen LogP contribution is 2.29. The van der Waals surface area contributed by atoms with Crippen LogP contribution in [0.2, 0.25) is 0 Å². The number of H-pyrrole nitrogens is 1. The van der Waals surface area contributed by atoms with E-state index in [-0.39, 0.29) is 5.56 Å². The summed E-state index contributed by atoms with van der Waals surface area (Å²) >= 11 is 0. The fraction of sp³-hybridized carbons (Fsp3) is 0.0556. The Kier molecular flexibility index (Phi) is 3.78. The summed E-state index contributed by atoms with van der Waals surface area (Å²) in [5.74, 6) is -0.471. The first-order chi connectivity index (χ1) is 10.9. The highest BCUT2D eigenvalue weighted by molar-refractivity contribution is 6.07. The second-order valence-corrected chi connectivity index (χ2v) is 5.07. The average molecular weight is 315 g/mol. The van der Waals surface area contributed by atoms with Crippen LogP contribution in [0.4, 0.5) is 13.2 Å². The molecule has 1 heterocycles. The van der Waals surface area contributed by atoms with E-state index in [1.165, 1.54) is 18.2 Å². The number of ketones is 1. The van der Waals surface area contributed by atoms with Crippen LogP contribution in [0, 0.1) is 0 Å². The van der Waals surface area contributed by atoms with Crippen LogP contribution in [-0.4, -0.2) is 10.8 Å². The van der Waals surface area contributed by atoms with Crippen molar-refractivity contribution >= 4 is 22.8 Å². The molecule has 0 saturated carbocycles. The molecule has 0 aliphatic carbocycles. The number of carbonyl (C=O) groups excluding carboxylic acids is 1. The van der Waals surface area contributed by atoms with Crippen LogP contribution in [0.5, 0.6) is 0 Å². The van der Waals surface area contributed by atoms with Crippen LogP contribution in [0.3, 0.4) is 0 Å². The van der Waals surface area contributed by atoms with Crippen LogP contribution in [0.25, 0.3) is 17.0 Å². The number of halogens is 3. The van der Waals surface area contributed by atoms with Crippen molar-refractivity contribution in [3.63, 3.8) is 0 Å². The van der Waals surface area contributed by atoms with Crippen LogP contribution in [0.1, 0.15) is 21.5 Å². The summed E-state index contributed by atoms with van der Waals surface area (Å²) in [6.45, 7) is 0. The highest BCUT2D eigenvalue weighted by atomic mass is 19.4. The number of alkyl halides is 3. The zero-order valence-electron chi connectivity index (χ0n) is 11.9. The molecule has 2 nitrogen and oxygen atoms in total. The third-order valence-electron chi connectivity index (χ3n) is 3.51. The summed E-state index contributed by atoms with van der Waals surface area (Å²) in [4.78, 5) is 15.2. The smallest absolute Gasteiger partial charge is 0.361 e. The van der Waals surface area contributed by atoms with Gasteiger partial charge in [-0.05, 0) is 35.9 Å². The zero-order chi connectivity index (χ0) is 16.4. The predicted molar refractivity (Wildman–Crippen MR) is 83.1 cm³/mol. The first-order valence-electron chi connectivity index (χ1n) is 6.91. The summed E-state index contributed by atoms with van der Waals surface area (Å²) < 4.78 is 38.0. The molecule has 0 spiro atoms. The van der Waals surface area contributed by atoms with Crippen molar-refractivity contribution < 1.29 is 18.0 Å². The molecule has 0 atom stereocenters. The topological polar surface area (TPSA) is 32.9 Å². The van der Waals surface area contributed by atoms with Gasteiger partial charge in [-0.15, -0.1) is 0 Å². The molecule has 3 rings (SSSR count). The van der Waals surface area contributed by atoms with Gasteiger partial charge >= 0.3 is 6.18 Å². The number of aromatic nitrogens is 1. The van der Waals surface area contributed by atoms with E-state index in [1.54, 1.807) is 12.3 Å². The normalized spacial score (nSPS) is 12.1. The summed E-state index contributed by atoms with van der Waals surface area (Å²) in [7, 11) is 0. The number of nitrogens with one attached hydrogen (secondary N) is 1. The van der Waals surface area contributed by atoms with Crippen molar-refractivity contribution in [2.75, 3.05) is 0 Å². The Hall–Kier alpha value is -2.82. The number of hydrogen-bond acceptors (Lipinski definition) is 1. The molecule has 2 aromatic carbocycles. The Morgan fingerprint density at radius 2 is 1.83 bits per heavy atom. The number of hydrogen-bond donors (Lipinski definition) is 1. The largest absolute Gasteiger partial charge is 0.416 e. The van der Waals surface area contributed by atoms with Crippen molar-refractivity contribution in [2.24, 2.45) is 0 Å². The lowest BCUT2D eigenvalue weighted by molar-refractivity contribution is -0.137. The minimum absolute atomic E-state index is 0.0101. The Morgan fingerprint density at radius 3 is 2.61 bits per heavy atom. The zero-order valence-corrected chi connectivity index (χ0v) is 11.9. The van der Waals surface area contributed by atoms with Gasteiger partial charge in [0.2, 0.25) is 0 Å². The number of rotatable bonds is 3. The molecule has 3 aromatic rings. The summed E-state index contributed by atoms with van der Waals surface area (Å²) in [6, 6.07) is 12.0. The summed E-state index contributed by atoms with van der Waals surface area (Å²) in [5, 5.41) is 0.945. The van der Waals surface area contributed by atoms with E-state index in [9.17, 15) is 18.0 Å². The van der Waals surface area contributed by atoms with E-state index in [4.69, 9.17) is 0 Å². The van der Waals surface area contributed by atoms with E-state index >= 15 is 0 Å². The Balaban J connectivity index is 1.87. The van der Waals surface area contributed by atoms with Gasteiger partial charge in [0.15, 0.2) is 5.78 Å². The molecular formula is C18H12F3NO. The molecule has 0 unspecified atom stereocenters. The van der Waals surface area contributed by atoms with Gasteiger partial charge in [-0.25, -0.2) is 0 Å². The number of carbonyl (C=O) groups is 1. The molecule has 5 heteroatoms. The van der Waals surface area contributed by atoms with Gasteiger partial charge in [0, 0.05) is 22.7 Å². The average Bonchev–Trinajstić information content (AvgIpc) is 2.95. The minimum Gasteiger partial charge on any atom is -0.361 e. The third-order valence-corrected chi connectivity index (χ3v) is 3.51. The first-order valence-corrected chi connectivity index (χ1v) is 6.91. The van der Waals surface area contributed by atoms with Crippen LogP contribution in [-0.2, 0) is 6.18 Å². The predicted octanol–water partition coefficient (Wildman–Crippen LogP) is 5.08. The van der Waals surface area contributed by atoms with Crippen LogP contribution < -0.4 is 0 Å². The number of para-hydroxylation sites is 1. The van der Waals surface area contributed by atoms with Gasteiger partial charge in [0.1, 0.15) is 0 Å². The van der Waals surface area contributed by atoms with Crippen molar-refractivity contribution in [3.8, 4) is 0 Å². The van der Waals surface area contributed by atoms with Gasteiger partial charge in [-0.1, -0.05) is 30.3 Å². The molecule has 0 fully saturated rings. The van der Waals surface area contributed by atoms with E-state index in [0.29, 0.717) is 0 Å². The second-order valence-electron chi connectivity index (χ2n) is 5.07. The van der Waals surface area contributed by atoms with Gasteiger partial charge in [0.25, 0.3) is 0 Å². The molecule has 0 saturated heterocycles. The van der Waals surface area contributed by atoms with Crippen molar-refractivity contribution in [1.29, 1.82) is 0 Å². The highest BCUT2D eigenvalue weighted by Gasteiger charge is 2.30. The molecule has 0 aliphatic heterocycles. The summed E-state index contributed by atoms with van der Waals surface area (Å²) in [5.41, 5.74) is 0.916. The Labute approximate surface area is 130 Å². The molecule has 0 radical (unpaired) electrons. The van der Waals surface area contributed by atoms with Crippen molar-refractivity contribution in [1.82, 2.24) is 4.98 Å². The molecule has 1 aromatic heterocycles. The molecule has 116 valence electrons. The van der Waals surface area contributed by atoms with Crippen LogP contribution in [0.15, 0.2) is 60.8 Å². The maximum atomic E-state index is 12.7. The molecule has 1 N–H and O–H groups in total. The van der Waals surface area contributed by atoms with Crippen molar-refractivity contribution in [2.45, 2.75) is 6.18 Å². The van der Waals surface area contributed by atoms with Gasteiger partial charge < -0.3 is 4.98 Å². The monoisotopic (exact) mass is 315 g/mol. The van der Waals surface area contributed by atoms with Crippen molar-refractivity contribution in [3.05, 3.63) is 77.5 Å². The number of benzene rings is 2. The van der Waals surface area contributed by atoms with Gasteiger partial charge in [-0.3, -0.25) is 4.79 Å². The lowest BCUT2D eigenvalue weighted by Gasteiger charge is -2.06. The fourth-order valence-electron chi connectivity index (χ4n) is 2.34. The number of aromatic amines is 1. The van der Waals surface area contributed by atoms with Crippen LogP contribution >= 0.6 is 0 Å². The second kappa shape index (κ2) is 5.76. The first kappa shape index (κ1) is 15.1. The fourth-order valence-corrected chi connectivity index (χ4v) is 2.34. The quantitative estimate of drug-likeness (QED) is 0.530. The van der Waals surface area contributed by atoms with E-state index in [2.05, 4.69) is 4.98 Å². The number of fused-ring (bicyclic) bond motifs is 1. The van der Waals surface area contributed by atoms with E-state index in [1.807, 2.05) is 24.3 Å². The Bertz CT molecular complexity index is 890. The molecule has 0 bridgehead atoms. The SMILES string of the molecule is O=C(/C=C/c1c[nH]c2ccccc12)c1cccc(C(F)(F)F)c1. The molecule has 0 amide bonds. The lowest BCUT2D eigenvalue weighted by atomic mass is 10.1. The molecule has 0 aliphatic rings. The standard InChI is InChI=1S/C18H12F3NO/c19-18(20,21)14-5-3-4-12(10-14)17(23)9-8-13-11-22-16-7-2-1-6-15(13)16/h1-11,22H/b9-8+. The van der Waals surface area contributed by atoms with E-state index in [0.717, 1.165) is 28.6 Å². The van der Waals surface area contributed by atoms with Gasteiger partial charge in [0.05, 0.1) is 5.56 Å². The Morgan fingerprint density at radius 1 is 1.04 bits per heavy atom. The van der Waals surface area contributed by atoms with E-state index < -0.39 is 17.5 Å². The maximum Gasteiger partial charge on any atom is 0.416 e.